The summed E-state index contributed by atoms with van der Waals surface area (Å²) in [4.78, 5) is 39.0. The van der Waals surface area contributed by atoms with Gasteiger partial charge in [0.15, 0.2) is 0 Å². The van der Waals surface area contributed by atoms with Crippen molar-refractivity contribution in [1.29, 1.82) is 0 Å². The highest BCUT2D eigenvalue weighted by Crippen LogP contribution is 2.30. The predicted octanol–water partition coefficient (Wildman–Crippen LogP) is 3.86. The molecule has 2 aromatic carbocycles. The number of methoxy groups -OCH3 is 2. The molecule has 0 atom stereocenters. The maximum atomic E-state index is 13.5. The number of pyridine rings is 1. The SMILES string of the molecule is COc1ccc2c(OC)nc(C(=O)N3CCN(C(=O)c4ncn(-c5cccc(Cl)c5)n4)C(C)(C)C3)cc2c1. The van der Waals surface area contributed by atoms with Gasteiger partial charge in [-0.2, -0.15) is 0 Å². The lowest BCUT2D eigenvalue weighted by Gasteiger charge is -2.46. The summed E-state index contributed by atoms with van der Waals surface area (Å²) in [6.07, 6.45) is 1.49. The van der Waals surface area contributed by atoms with E-state index in [-0.39, 0.29) is 23.3 Å². The molecule has 196 valence electrons. The van der Waals surface area contributed by atoms with Gasteiger partial charge in [-0.15, -0.1) is 5.10 Å². The third-order valence-electron chi connectivity index (χ3n) is 6.61. The minimum absolute atomic E-state index is 0.0766. The molecule has 3 heterocycles. The summed E-state index contributed by atoms with van der Waals surface area (Å²) in [5, 5.41) is 6.50. The first kappa shape index (κ1) is 25.5. The first-order valence-electron chi connectivity index (χ1n) is 12.0. The highest BCUT2D eigenvalue weighted by molar-refractivity contribution is 6.30. The van der Waals surface area contributed by atoms with Crippen molar-refractivity contribution < 1.29 is 19.1 Å². The van der Waals surface area contributed by atoms with E-state index < -0.39 is 5.54 Å². The molecule has 2 amide bonds. The number of fused-ring (bicyclic) bond motifs is 1. The van der Waals surface area contributed by atoms with E-state index in [1.165, 1.54) is 18.1 Å². The Morgan fingerprint density at radius 3 is 2.53 bits per heavy atom. The van der Waals surface area contributed by atoms with Crippen molar-refractivity contribution in [2.45, 2.75) is 19.4 Å². The van der Waals surface area contributed by atoms with E-state index in [1.807, 2.05) is 38.1 Å². The third-order valence-corrected chi connectivity index (χ3v) is 6.84. The molecule has 0 saturated carbocycles. The molecule has 1 aliphatic rings. The largest absolute Gasteiger partial charge is 0.497 e. The lowest BCUT2D eigenvalue weighted by atomic mass is 9.98. The Hall–Kier alpha value is -4.18. The zero-order chi connectivity index (χ0) is 27.0. The fourth-order valence-electron chi connectivity index (χ4n) is 4.69. The molecule has 38 heavy (non-hydrogen) atoms. The molecule has 0 unspecified atom stereocenters. The van der Waals surface area contributed by atoms with Crippen molar-refractivity contribution in [3.63, 3.8) is 0 Å². The number of carbonyl (C=O) groups excluding carboxylic acids is 2. The Balaban J connectivity index is 1.35. The van der Waals surface area contributed by atoms with Gasteiger partial charge < -0.3 is 19.3 Å². The monoisotopic (exact) mass is 534 g/mol. The molecule has 2 aromatic heterocycles. The minimum Gasteiger partial charge on any atom is -0.497 e. The zero-order valence-corrected chi connectivity index (χ0v) is 22.3. The summed E-state index contributed by atoms with van der Waals surface area (Å²) in [6, 6.07) is 14.4. The first-order valence-corrected chi connectivity index (χ1v) is 12.4. The number of benzene rings is 2. The highest BCUT2D eigenvalue weighted by Gasteiger charge is 2.40. The Labute approximate surface area is 224 Å². The normalized spacial score (nSPS) is 15.0. The molecule has 1 saturated heterocycles. The molecule has 0 bridgehead atoms. The molecule has 0 radical (unpaired) electrons. The summed E-state index contributed by atoms with van der Waals surface area (Å²) in [7, 11) is 3.11. The molecule has 0 aliphatic carbocycles. The van der Waals surface area contributed by atoms with Crippen LogP contribution >= 0.6 is 11.6 Å². The number of amides is 2. The molecule has 0 spiro atoms. The molecule has 1 aliphatic heterocycles. The zero-order valence-electron chi connectivity index (χ0n) is 21.5. The number of ether oxygens (including phenoxy) is 2. The first-order chi connectivity index (χ1) is 18.2. The van der Waals surface area contributed by atoms with Crippen molar-refractivity contribution >= 4 is 34.2 Å². The van der Waals surface area contributed by atoms with Crippen LogP contribution in [0, 0.1) is 0 Å². The molecule has 1 fully saturated rings. The number of hydrogen-bond acceptors (Lipinski definition) is 7. The maximum Gasteiger partial charge on any atom is 0.294 e. The Morgan fingerprint density at radius 2 is 1.82 bits per heavy atom. The minimum atomic E-state index is -0.670. The second kappa shape index (κ2) is 9.94. The van der Waals surface area contributed by atoms with Gasteiger partial charge in [-0.3, -0.25) is 9.59 Å². The summed E-state index contributed by atoms with van der Waals surface area (Å²) < 4.78 is 12.3. The predicted molar refractivity (Wildman–Crippen MR) is 142 cm³/mol. The third kappa shape index (κ3) is 4.74. The topological polar surface area (TPSA) is 103 Å². The van der Waals surface area contributed by atoms with Crippen LogP contribution in [0.2, 0.25) is 5.02 Å². The molecule has 5 rings (SSSR count). The number of rotatable bonds is 5. The average molecular weight is 535 g/mol. The summed E-state index contributed by atoms with van der Waals surface area (Å²) in [5.74, 6) is 0.566. The molecular weight excluding hydrogens is 508 g/mol. The van der Waals surface area contributed by atoms with E-state index in [2.05, 4.69) is 15.1 Å². The van der Waals surface area contributed by atoms with Crippen LogP contribution in [0.3, 0.4) is 0 Å². The van der Waals surface area contributed by atoms with Gasteiger partial charge in [-0.1, -0.05) is 17.7 Å². The number of aromatic nitrogens is 4. The lowest BCUT2D eigenvalue weighted by Crippen LogP contribution is -2.62. The summed E-state index contributed by atoms with van der Waals surface area (Å²) in [5.41, 5.74) is 0.297. The van der Waals surface area contributed by atoms with Gasteiger partial charge in [0, 0.05) is 30.0 Å². The van der Waals surface area contributed by atoms with Gasteiger partial charge in [-0.05, 0) is 61.7 Å². The fraction of sp³-hybridized carbons (Fsp3) is 0.296. The van der Waals surface area contributed by atoms with E-state index >= 15 is 0 Å². The van der Waals surface area contributed by atoms with Gasteiger partial charge in [0.25, 0.3) is 11.8 Å². The Morgan fingerprint density at radius 1 is 1.00 bits per heavy atom. The quantitative estimate of drug-likeness (QED) is 0.383. The van der Waals surface area contributed by atoms with Gasteiger partial charge in [0.1, 0.15) is 17.8 Å². The summed E-state index contributed by atoms with van der Waals surface area (Å²) in [6.45, 7) is 4.80. The van der Waals surface area contributed by atoms with Crippen LogP contribution < -0.4 is 9.47 Å². The van der Waals surface area contributed by atoms with Gasteiger partial charge in [0.2, 0.25) is 11.7 Å². The molecule has 4 aromatic rings. The number of nitrogens with zero attached hydrogens (tertiary/aromatic N) is 6. The average Bonchev–Trinajstić information content (AvgIpc) is 3.41. The second-order valence-electron chi connectivity index (χ2n) is 9.59. The van der Waals surface area contributed by atoms with Crippen LogP contribution in [0.4, 0.5) is 0 Å². The van der Waals surface area contributed by atoms with E-state index in [1.54, 1.807) is 41.2 Å². The van der Waals surface area contributed by atoms with Crippen LogP contribution in [-0.4, -0.2) is 80.8 Å². The molecule has 10 nitrogen and oxygen atoms in total. The van der Waals surface area contributed by atoms with Crippen molar-refractivity contribution in [3.8, 4) is 17.3 Å². The standard InChI is InChI=1S/C27H27ClN6O4/c1-27(2)15-32(25(35)22-13-17-12-20(37-3)8-9-21(17)24(30-22)38-4)10-11-33(27)26(36)23-29-16-34(31-23)19-7-5-6-18(28)14-19/h5-9,12-14,16H,10-11,15H2,1-4H3. The molecular formula is C27H27ClN6O4. The fourth-order valence-corrected chi connectivity index (χ4v) is 4.87. The van der Waals surface area contributed by atoms with Crippen LogP contribution in [0.1, 0.15) is 35.0 Å². The number of piperazine rings is 1. The Kier molecular flexibility index (Phi) is 6.66. The molecule has 0 N–H and O–H groups in total. The van der Waals surface area contributed by atoms with Crippen LogP contribution in [0.25, 0.3) is 16.5 Å². The van der Waals surface area contributed by atoms with Crippen molar-refractivity contribution in [1.82, 2.24) is 29.5 Å². The second-order valence-corrected chi connectivity index (χ2v) is 10.0. The van der Waals surface area contributed by atoms with Crippen molar-refractivity contribution in [2.75, 3.05) is 33.9 Å². The number of carbonyl (C=O) groups is 2. The van der Waals surface area contributed by atoms with Crippen LogP contribution in [-0.2, 0) is 0 Å². The number of halogens is 1. The number of hydrogen-bond donors (Lipinski definition) is 0. The molecule has 11 heteroatoms. The lowest BCUT2D eigenvalue weighted by molar-refractivity contribution is 0.0158. The van der Waals surface area contributed by atoms with Crippen LogP contribution in [0.5, 0.6) is 11.6 Å². The van der Waals surface area contributed by atoms with E-state index in [9.17, 15) is 9.59 Å². The van der Waals surface area contributed by atoms with Gasteiger partial charge in [-0.25, -0.2) is 14.6 Å². The van der Waals surface area contributed by atoms with Gasteiger partial charge >= 0.3 is 0 Å². The smallest absolute Gasteiger partial charge is 0.294 e. The highest BCUT2D eigenvalue weighted by atomic mass is 35.5. The summed E-state index contributed by atoms with van der Waals surface area (Å²) >= 11 is 6.08. The van der Waals surface area contributed by atoms with E-state index in [0.717, 1.165) is 10.8 Å². The maximum absolute atomic E-state index is 13.5. The van der Waals surface area contributed by atoms with Gasteiger partial charge in [0.05, 0.1) is 25.4 Å². The van der Waals surface area contributed by atoms with E-state index in [4.69, 9.17) is 21.1 Å². The van der Waals surface area contributed by atoms with Crippen molar-refractivity contribution in [2.24, 2.45) is 0 Å². The van der Waals surface area contributed by atoms with Crippen molar-refractivity contribution in [3.05, 3.63) is 71.4 Å². The van der Waals surface area contributed by atoms with Crippen LogP contribution in [0.15, 0.2) is 54.9 Å². The van der Waals surface area contributed by atoms with E-state index in [0.29, 0.717) is 42.0 Å². The Bertz CT molecular complexity index is 1540.